The number of allylic oxidation sites excluding steroid dienone is 3. The molecule has 0 radical (unpaired) electrons. The van der Waals surface area contributed by atoms with Crippen LogP contribution in [0.1, 0.15) is 49.7 Å². The summed E-state index contributed by atoms with van der Waals surface area (Å²) >= 11 is 0. The molecular formula is C25H20F2O3. The van der Waals surface area contributed by atoms with Gasteiger partial charge in [-0.1, -0.05) is 42.2 Å². The Kier molecular flexibility index (Phi) is 5.44. The molecule has 0 amide bonds. The largest absolute Gasteiger partial charge is 0.502 e. The number of halogens is 2. The smallest absolute Gasteiger partial charge is 0.274 e. The molecule has 0 bridgehead atoms. The third-order valence-corrected chi connectivity index (χ3v) is 5.36. The van der Waals surface area contributed by atoms with Crippen molar-refractivity contribution >= 4 is 27.9 Å². The maximum Gasteiger partial charge on any atom is 0.274 e. The monoisotopic (exact) mass is 406 g/mol. The fourth-order valence-corrected chi connectivity index (χ4v) is 3.79. The van der Waals surface area contributed by atoms with Crippen LogP contribution >= 0.6 is 0 Å². The van der Waals surface area contributed by atoms with Crippen LogP contribution in [0.2, 0.25) is 0 Å². The van der Waals surface area contributed by atoms with Gasteiger partial charge in [0.05, 0.1) is 5.56 Å². The number of hydrogen-bond acceptors (Lipinski definition) is 3. The van der Waals surface area contributed by atoms with Gasteiger partial charge in [0.2, 0.25) is 0 Å². The molecule has 0 fully saturated rings. The van der Waals surface area contributed by atoms with Crippen LogP contribution in [0.15, 0.2) is 58.2 Å². The molecule has 1 heterocycles. The lowest BCUT2D eigenvalue weighted by Gasteiger charge is -2.17. The lowest BCUT2D eigenvalue weighted by Crippen LogP contribution is -2.14. The van der Waals surface area contributed by atoms with Gasteiger partial charge in [0.15, 0.2) is 17.3 Å². The molecule has 152 valence electrons. The van der Waals surface area contributed by atoms with Gasteiger partial charge >= 0.3 is 0 Å². The van der Waals surface area contributed by atoms with Crippen molar-refractivity contribution in [1.82, 2.24) is 0 Å². The maximum atomic E-state index is 15.1. The molecule has 1 N–H and O–H groups in total. The molecule has 1 aliphatic carbocycles. The molecule has 3 nitrogen and oxygen atoms in total. The Morgan fingerprint density at radius 1 is 1.13 bits per heavy atom. The van der Waals surface area contributed by atoms with Crippen LogP contribution in [0.5, 0.6) is 0 Å². The standard InChI is InChI=1S/C25H20F2O3/c26-25(27,15-14-19(29)16-28)21-13-12-18(11-10-17-6-2-1-3-7-17)24-23(21)20-8-4-5-9-22(20)30-24/h4-6,8-9,12-13,29H,1-3,7,14-15H2. The predicted molar refractivity (Wildman–Crippen MR) is 112 cm³/mol. The first-order valence-electron chi connectivity index (χ1n) is 9.96. The molecule has 30 heavy (non-hydrogen) atoms. The van der Waals surface area contributed by atoms with E-state index in [2.05, 4.69) is 17.9 Å². The quantitative estimate of drug-likeness (QED) is 0.302. The molecule has 5 heteroatoms. The van der Waals surface area contributed by atoms with Crippen molar-refractivity contribution in [2.45, 2.75) is 44.4 Å². The lowest BCUT2D eigenvalue weighted by atomic mass is 9.95. The molecule has 3 aromatic rings. The first-order chi connectivity index (χ1) is 14.5. The van der Waals surface area contributed by atoms with E-state index in [9.17, 15) is 9.90 Å². The molecule has 0 atom stereocenters. The summed E-state index contributed by atoms with van der Waals surface area (Å²) < 4.78 is 36.0. The Morgan fingerprint density at radius 2 is 1.97 bits per heavy atom. The Balaban J connectivity index is 1.86. The zero-order valence-electron chi connectivity index (χ0n) is 16.3. The van der Waals surface area contributed by atoms with Gasteiger partial charge in [-0.25, -0.2) is 13.6 Å². The highest BCUT2D eigenvalue weighted by Gasteiger charge is 2.35. The molecule has 0 saturated heterocycles. The van der Waals surface area contributed by atoms with Gasteiger partial charge in [-0.2, -0.15) is 0 Å². The second kappa shape index (κ2) is 8.18. The number of carbonyl (C=O) groups excluding carboxylic acids is 1. The van der Waals surface area contributed by atoms with E-state index in [1.54, 1.807) is 30.3 Å². The van der Waals surface area contributed by atoms with Gasteiger partial charge in [-0.15, -0.1) is 0 Å². The number of hydrogen-bond donors (Lipinski definition) is 1. The minimum Gasteiger partial charge on any atom is -0.502 e. The third-order valence-electron chi connectivity index (χ3n) is 5.36. The van der Waals surface area contributed by atoms with E-state index in [-0.39, 0.29) is 5.56 Å². The topological polar surface area (TPSA) is 50.4 Å². The van der Waals surface area contributed by atoms with Crippen LogP contribution in [0.3, 0.4) is 0 Å². The summed E-state index contributed by atoms with van der Waals surface area (Å²) in [5.41, 5.74) is 2.25. The number of alkyl halides is 2. The average molecular weight is 406 g/mol. The van der Waals surface area contributed by atoms with Crippen molar-refractivity contribution in [3.05, 3.63) is 64.9 Å². The lowest BCUT2D eigenvalue weighted by molar-refractivity contribution is -0.0135. The number of fused-ring (bicyclic) bond motifs is 3. The van der Waals surface area contributed by atoms with Gasteiger partial charge < -0.3 is 9.52 Å². The molecule has 0 unspecified atom stereocenters. The van der Waals surface area contributed by atoms with Crippen LogP contribution in [0.4, 0.5) is 8.78 Å². The van der Waals surface area contributed by atoms with Gasteiger partial charge in [0.25, 0.3) is 5.92 Å². The summed E-state index contributed by atoms with van der Waals surface area (Å²) in [6.07, 6.45) is 5.18. The normalized spacial score (nSPS) is 14.1. The third kappa shape index (κ3) is 3.87. The molecular weight excluding hydrogens is 386 g/mol. The van der Waals surface area contributed by atoms with Crippen molar-refractivity contribution < 1.29 is 23.1 Å². The van der Waals surface area contributed by atoms with E-state index in [0.29, 0.717) is 27.5 Å². The highest BCUT2D eigenvalue weighted by Crippen LogP contribution is 2.42. The number of para-hydroxylation sites is 1. The first-order valence-corrected chi connectivity index (χ1v) is 9.96. The summed E-state index contributed by atoms with van der Waals surface area (Å²) in [4.78, 5) is 10.5. The number of furan rings is 1. The number of benzene rings is 2. The molecule has 2 aromatic carbocycles. The molecule has 4 rings (SSSR count). The number of rotatable bonds is 4. The molecule has 0 spiro atoms. The molecule has 1 aromatic heterocycles. The van der Waals surface area contributed by atoms with Crippen molar-refractivity contribution in [3.8, 4) is 11.8 Å². The van der Waals surface area contributed by atoms with Crippen LogP contribution < -0.4 is 0 Å². The van der Waals surface area contributed by atoms with E-state index in [0.717, 1.165) is 31.3 Å². The van der Waals surface area contributed by atoms with Gasteiger partial charge in [-0.3, -0.25) is 0 Å². The summed E-state index contributed by atoms with van der Waals surface area (Å²) in [7, 11) is 0. The van der Waals surface area contributed by atoms with Crippen molar-refractivity contribution in [2.75, 3.05) is 0 Å². The minimum absolute atomic E-state index is 0.205. The number of aliphatic hydroxyl groups excluding tert-OH is 1. The predicted octanol–water partition coefficient (Wildman–Crippen LogP) is 6.58. The zero-order chi connectivity index (χ0) is 21.1. The molecule has 0 aliphatic heterocycles. The average Bonchev–Trinajstić information content (AvgIpc) is 3.16. The summed E-state index contributed by atoms with van der Waals surface area (Å²) in [6.45, 7) is 0. The first kappa shape index (κ1) is 19.9. The highest BCUT2D eigenvalue weighted by molar-refractivity contribution is 6.08. The second-order valence-corrected chi connectivity index (χ2v) is 7.44. The van der Waals surface area contributed by atoms with Crippen LogP contribution in [0.25, 0.3) is 21.9 Å². The minimum atomic E-state index is -3.27. The van der Waals surface area contributed by atoms with Gasteiger partial charge in [0, 0.05) is 29.2 Å². The number of aliphatic hydroxyl groups is 1. The van der Waals surface area contributed by atoms with E-state index in [1.807, 2.05) is 0 Å². The Bertz CT molecular complexity index is 1250. The van der Waals surface area contributed by atoms with E-state index in [1.165, 1.54) is 12.0 Å². The van der Waals surface area contributed by atoms with E-state index < -0.39 is 24.5 Å². The highest BCUT2D eigenvalue weighted by atomic mass is 19.3. The summed E-state index contributed by atoms with van der Waals surface area (Å²) in [6, 6.07) is 9.95. The van der Waals surface area contributed by atoms with Crippen molar-refractivity contribution in [2.24, 2.45) is 0 Å². The SMILES string of the molecule is O=C=C(O)CCC(F)(F)c1ccc(C#CC2=CCCCC2)c2oc3ccccc3c12. The van der Waals surface area contributed by atoms with Crippen LogP contribution in [-0.4, -0.2) is 11.0 Å². The van der Waals surface area contributed by atoms with Gasteiger partial charge in [0.1, 0.15) is 5.58 Å². The Morgan fingerprint density at radius 3 is 2.73 bits per heavy atom. The fourth-order valence-electron chi connectivity index (χ4n) is 3.79. The van der Waals surface area contributed by atoms with Crippen LogP contribution in [0, 0.1) is 11.8 Å². The van der Waals surface area contributed by atoms with Crippen LogP contribution in [-0.2, 0) is 10.7 Å². The summed E-state index contributed by atoms with van der Waals surface area (Å²) in [5, 5.41) is 10.2. The maximum absolute atomic E-state index is 15.1. The van der Waals surface area contributed by atoms with E-state index >= 15 is 8.78 Å². The van der Waals surface area contributed by atoms with Crippen molar-refractivity contribution in [3.63, 3.8) is 0 Å². The van der Waals surface area contributed by atoms with Crippen molar-refractivity contribution in [1.29, 1.82) is 0 Å². The molecule has 1 aliphatic rings. The second-order valence-electron chi connectivity index (χ2n) is 7.44. The summed E-state index contributed by atoms with van der Waals surface area (Å²) in [5.74, 6) is 3.54. The van der Waals surface area contributed by atoms with E-state index in [4.69, 9.17) is 4.42 Å². The fraction of sp³-hybridized carbons (Fsp3) is 0.280. The Hall–Kier alpha value is -3.35. The van der Waals surface area contributed by atoms with Gasteiger partial charge in [-0.05, 0) is 43.4 Å². The molecule has 0 saturated carbocycles. The Labute approximate surface area is 172 Å². The zero-order valence-corrected chi connectivity index (χ0v) is 16.3.